The number of methoxy groups -OCH3 is 1. The highest BCUT2D eigenvalue weighted by atomic mass is 16.5. The minimum atomic E-state index is -0.462. The first-order valence-corrected chi connectivity index (χ1v) is 9.51. The number of ether oxygens (including phenoxy) is 2. The van der Waals surface area contributed by atoms with E-state index in [9.17, 15) is 4.79 Å². The zero-order chi connectivity index (χ0) is 19.8. The molecule has 3 aromatic rings. The van der Waals surface area contributed by atoms with Gasteiger partial charge < -0.3 is 14.6 Å². The Morgan fingerprint density at radius 1 is 1.04 bits per heavy atom. The second-order valence-electron chi connectivity index (χ2n) is 6.62. The van der Waals surface area contributed by atoms with Gasteiger partial charge in [0.2, 0.25) is 0 Å². The molecule has 146 valence electrons. The molecule has 5 nitrogen and oxygen atoms in total. The fourth-order valence-corrected chi connectivity index (χ4v) is 3.16. The Morgan fingerprint density at radius 3 is 2.61 bits per heavy atom. The van der Waals surface area contributed by atoms with Crippen molar-refractivity contribution in [3.05, 3.63) is 71.4 Å². The fourth-order valence-electron chi connectivity index (χ4n) is 3.16. The number of aryl methyl sites for hydroxylation is 1. The molecule has 1 N–H and O–H groups in total. The molecule has 0 atom stereocenters. The predicted octanol–water partition coefficient (Wildman–Crippen LogP) is 4.31. The number of fused-ring (bicyclic) bond motifs is 1. The van der Waals surface area contributed by atoms with Gasteiger partial charge in [-0.1, -0.05) is 48.9 Å². The van der Waals surface area contributed by atoms with Crippen LogP contribution in [-0.4, -0.2) is 29.8 Å². The number of hydrogen-bond acceptors (Lipinski definition) is 5. The van der Waals surface area contributed by atoms with Gasteiger partial charge in [-0.2, -0.15) is 0 Å². The van der Waals surface area contributed by atoms with Crippen molar-refractivity contribution < 1.29 is 19.4 Å². The van der Waals surface area contributed by atoms with Gasteiger partial charge in [0.25, 0.3) is 0 Å². The van der Waals surface area contributed by atoms with Crippen LogP contribution < -0.4 is 4.74 Å². The number of benzene rings is 2. The summed E-state index contributed by atoms with van der Waals surface area (Å²) < 4.78 is 10.9. The van der Waals surface area contributed by atoms with Crippen LogP contribution in [-0.2, 0) is 17.8 Å². The fraction of sp³-hybridized carbons (Fsp3) is 0.304. The van der Waals surface area contributed by atoms with E-state index in [1.807, 2.05) is 48.5 Å². The van der Waals surface area contributed by atoms with Gasteiger partial charge in [-0.05, 0) is 42.5 Å². The molecule has 0 amide bonds. The second kappa shape index (κ2) is 9.85. The van der Waals surface area contributed by atoms with E-state index < -0.39 is 5.97 Å². The summed E-state index contributed by atoms with van der Waals surface area (Å²) in [6, 6.07) is 17.5. The van der Waals surface area contributed by atoms with Crippen LogP contribution in [0.25, 0.3) is 10.9 Å². The molecule has 3 rings (SSSR count). The molecule has 28 heavy (non-hydrogen) atoms. The molecule has 0 radical (unpaired) electrons. The molecular formula is C23H25NO4. The number of nitrogens with zero attached hydrogens (tertiary/aromatic N) is 1. The molecule has 0 spiro atoms. The molecule has 0 aliphatic heterocycles. The smallest absolute Gasteiger partial charge is 0.356 e. The maximum Gasteiger partial charge on any atom is 0.356 e. The SMILES string of the molecule is COC(=O)c1cc(CCCCCO)c2cccc(OCc3ccccc3)c2n1. The second-order valence-corrected chi connectivity index (χ2v) is 6.62. The molecule has 0 aliphatic rings. The monoisotopic (exact) mass is 379 g/mol. The van der Waals surface area contributed by atoms with E-state index in [1.54, 1.807) is 6.07 Å². The lowest BCUT2D eigenvalue weighted by molar-refractivity contribution is 0.0594. The number of carbonyl (C=O) groups is 1. The highest BCUT2D eigenvalue weighted by molar-refractivity contribution is 5.94. The minimum Gasteiger partial charge on any atom is -0.487 e. The number of hydrogen-bond donors (Lipinski definition) is 1. The molecule has 0 saturated heterocycles. The van der Waals surface area contributed by atoms with Crippen molar-refractivity contribution >= 4 is 16.9 Å². The number of para-hydroxylation sites is 1. The largest absolute Gasteiger partial charge is 0.487 e. The molecule has 0 unspecified atom stereocenters. The lowest BCUT2D eigenvalue weighted by atomic mass is 10.0. The number of pyridine rings is 1. The van der Waals surface area contributed by atoms with E-state index >= 15 is 0 Å². The number of aromatic nitrogens is 1. The van der Waals surface area contributed by atoms with Gasteiger partial charge in [-0.25, -0.2) is 9.78 Å². The van der Waals surface area contributed by atoms with E-state index in [4.69, 9.17) is 14.6 Å². The first kappa shape index (κ1) is 19.8. The third-order valence-electron chi connectivity index (χ3n) is 4.62. The van der Waals surface area contributed by atoms with Crippen molar-refractivity contribution in [3.8, 4) is 5.75 Å². The Balaban J connectivity index is 1.94. The van der Waals surface area contributed by atoms with E-state index in [2.05, 4.69) is 4.98 Å². The number of carbonyl (C=O) groups excluding carboxylic acids is 1. The Kier molecular flexibility index (Phi) is 6.98. The molecule has 0 bridgehead atoms. The van der Waals surface area contributed by atoms with Crippen LogP contribution in [0.1, 0.15) is 40.9 Å². The normalized spacial score (nSPS) is 10.8. The van der Waals surface area contributed by atoms with Crippen LogP contribution >= 0.6 is 0 Å². The molecule has 0 aliphatic carbocycles. The molecule has 5 heteroatoms. The zero-order valence-electron chi connectivity index (χ0n) is 16.1. The highest BCUT2D eigenvalue weighted by Gasteiger charge is 2.15. The molecule has 2 aromatic carbocycles. The molecular weight excluding hydrogens is 354 g/mol. The Hall–Kier alpha value is -2.92. The molecule has 0 fully saturated rings. The van der Waals surface area contributed by atoms with Gasteiger partial charge in [0.05, 0.1) is 7.11 Å². The Labute approximate surface area is 164 Å². The molecule has 0 saturated carbocycles. The van der Waals surface area contributed by atoms with Crippen molar-refractivity contribution in [1.29, 1.82) is 0 Å². The third kappa shape index (κ3) is 4.87. The lowest BCUT2D eigenvalue weighted by Gasteiger charge is -2.13. The average molecular weight is 379 g/mol. The average Bonchev–Trinajstić information content (AvgIpc) is 2.75. The molecule has 1 heterocycles. The summed E-state index contributed by atoms with van der Waals surface area (Å²) in [5.74, 6) is 0.181. The van der Waals surface area contributed by atoms with Crippen molar-refractivity contribution in [2.75, 3.05) is 13.7 Å². The number of rotatable bonds is 9. The van der Waals surface area contributed by atoms with Gasteiger partial charge in [-0.3, -0.25) is 0 Å². The number of aliphatic hydroxyl groups excluding tert-OH is 1. The summed E-state index contributed by atoms with van der Waals surface area (Å²) in [6.45, 7) is 0.623. The maximum atomic E-state index is 12.1. The van der Waals surface area contributed by atoms with Crippen molar-refractivity contribution in [3.63, 3.8) is 0 Å². The van der Waals surface area contributed by atoms with E-state index in [-0.39, 0.29) is 12.3 Å². The maximum absolute atomic E-state index is 12.1. The van der Waals surface area contributed by atoms with E-state index in [1.165, 1.54) is 7.11 Å². The first-order chi connectivity index (χ1) is 13.7. The number of unbranched alkanes of at least 4 members (excludes halogenated alkanes) is 2. The summed E-state index contributed by atoms with van der Waals surface area (Å²) in [4.78, 5) is 16.6. The van der Waals surface area contributed by atoms with Crippen LogP contribution in [0.15, 0.2) is 54.6 Å². The summed E-state index contributed by atoms with van der Waals surface area (Å²) in [6.07, 6.45) is 3.43. The van der Waals surface area contributed by atoms with Crippen molar-refractivity contribution in [2.24, 2.45) is 0 Å². The van der Waals surface area contributed by atoms with E-state index in [0.717, 1.165) is 42.2 Å². The highest BCUT2D eigenvalue weighted by Crippen LogP contribution is 2.29. The van der Waals surface area contributed by atoms with Crippen molar-refractivity contribution in [2.45, 2.75) is 32.3 Å². The minimum absolute atomic E-state index is 0.196. The summed E-state index contributed by atoms with van der Waals surface area (Å²) in [5.41, 5.74) is 3.04. The van der Waals surface area contributed by atoms with Crippen LogP contribution in [0.5, 0.6) is 5.75 Å². The Morgan fingerprint density at radius 2 is 1.86 bits per heavy atom. The third-order valence-corrected chi connectivity index (χ3v) is 4.62. The predicted molar refractivity (Wildman–Crippen MR) is 108 cm³/mol. The van der Waals surface area contributed by atoms with Gasteiger partial charge in [0.1, 0.15) is 23.6 Å². The van der Waals surface area contributed by atoms with Crippen LogP contribution in [0.2, 0.25) is 0 Å². The van der Waals surface area contributed by atoms with Gasteiger partial charge in [0, 0.05) is 12.0 Å². The topological polar surface area (TPSA) is 68.7 Å². The quantitative estimate of drug-likeness (QED) is 0.443. The standard InChI is InChI=1S/C23H25NO4/c1-27-23(26)20-15-18(11-6-3-7-14-25)19-12-8-13-21(22(19)24-20)28-16-17-9-4-2-5-10-17/h2,4-5,8-10,12-13,15,25H,3,6-7,11,14,16H2,1H3. The van der Waals surface area contributed by atoms with Crippen LogP contribution in [0.4, 0.5) is 0 Å². The summed E-state index contributed by atoms with van der Waals surface area (Å²) >= 11 is 0. The van der Waals surface area contributed by atoms with Crippen LogP contribution in [0.3, 0.4) is 0 Å². The van der Waals surface area contributed by atoms with Gasteiger partial charge in [-0.15, -0.1) is 0 Å². The number of esters is 1. The van der Waals surface area contributed by atoms with Crippen LogP contribution in [0, 0.1) is 0 Å². The van der Waals surface area contributed by atoms with Gasteiger partial charge >= 0.3 is 5.97 Å². The summed E-state index contributed by atoms with van der Waals surface area (Å²) in [5, 5.41) is 9.96. The Bertz CT molecular complexity index is 925. The number of aliphatic hydroxyl groups is 1. The van der Waals surface area contributed by atoms with Gasteiger partial charge in [0.15, 0.2) is 0 Å². The lowest BCUT2D eigenvalue weighted by Crippen LogP contribution is -2.07. The first-order valence-electron chi connectivity index (χ1n) is 9.51. The summed E-state index contributed by atoms with van der Waals surface area (Å²) in [7, 11) is 1.35. The van der Waals surface area contributed by atoms with E-state index in [0.29, 0.717) is 17.9 Å². The zero-order valence-corrected chi connectivity index (χ0v) is 16.1. The van der Waals surface area contributed by atoms with Crippen molar-refractivity contribution in [1.82, 2.24) is 4.98 Å². The molecule has 1 aromatic heterocycles.